The highest BCUT2D eigenvalue weighted by Crippen LogP contribution is 2.51. The monoisotopic (exact) mass is 488 g/mol. The number of urea groups is 1. The zero-order valence-corrected chi connectivity index (χ0v) is 19.5. The molecule has 1 spiro atoms. The van der Waals surface area contributed by atoms with E-state index in [2.05, 4.69) is 9.72 Å². The number of carbonyl (C=O) groups is 1. The largest absolute Gasteiger partial charge is 0.387 e. The average Bonchev–Trinajstić information content (AvgIpc) is 3.32. The van der Waals surface area contributed by atoms with Crippen molar-refractivity contribution in [2.45, 2.75) is 50.4 Å². The standard InChI is InChI=1S/C25H30F2N4O4/c26-25(27)17-30(12-13-35-25)22(33)29-11-10-24(34,23(15-29)8-4-5-9-23)16-31-18-28-20(14-21(31)32)19-6-2-1-3-7-19/h1-3,6-7,14,18,34H,4-5,8-13,15-17H2. The van der Waals surface area contributed by atoms with Gasteiger partial charge < -0.3 is 19.6 Å². The van der Waals surface area contributed by atoms with Crippen molar-refractivity contribution in [2.24, 2.45) is 5.41 Å². The maximum Gasteiger partial charge on any atom is 0.373 e. The van der Waals surface area contributed by atoms with Gasteiger partial charge in [0.25, 0.3) is 5.56 Å². The van der Waals surface area contributed by atoms with Gasteiger partial charge in [-0.05, 0) is 19.3 Å². The molecule has 5 rings (SSSR count). The normalized spacial score (nSPS) is 25.7. The SMILES string of the molecule is O=C(N1CCOC(F)(F)C1)N1CCC(O)(Cn2cnc(-c3ccccc3)cc2=O)C2(CCCC2)C1. The van der Waals surface area contributed by atoms with Gasteiger partial charge in [-0.15, -0.1) is 0 Å². The Kier molecular flexibility index (Phi) is 6.13. The number of aliphatic hydroxyl groups is 1. The second-order valence-electron chi connectivity index (χ2n) is 9.99. The molecule has 8 nitrogen and oxygen atoms in total. The van der Waals surface area contributed by atoms with Gasteiger partial charge in [0.15, 0.2) is 0 Å². The van der Waals surface area contributed by atoms with Crippen LogP contribution in [0.15, 0.2) is 47.5 Å². The van der Waals surface area contributed by atoms with E-state index in [-0.39, 0.29) is 44.8 Å². The quantitative estimate of drug-likeness (QED) is 0.718. The van der Waals surface area contributed by atoms with Crippen molar-refractivity contribution >= 4 is 6.03 Å². The number of morpholine rings is 1. The fourth-order valence-corrected chi connectivity index (χ4v) is 5.87. The maximum absolute atomic E-state index is 13.7. The lowest BCUT2D eigenvalue weighted by atomic mass is 9.66. The molecule has 0 radical (unpaired) electrons. The lowest BCUT2D eigenvalue weighted by Crippen LogP contribution is -2.64. The molecule has 1 saturated carbocycles. The molecule has 0 bridgehead atoms. The average molecular weight is 489 g/mol. The first kappa shape index (κ1) is 23.9. The summed E-state index contributed by atoms with van der Waals surface area (Å²) in [6, 6.07) is 10.4. The second kappa shape index (κ2) is 8.98. The van der Waals surface area contributed by atoms with E-state index < -0.39 is 29.7 Å². The molecule has 3 fully saturated rings. The fraction of sp³-hybridized carbons (Fsp3) is 0.560. The first-order valence-corrected chi connectivity index (χ1v) is 12.1. The summed E-state index contributed by atoms with van der Waals surface area (Å²) < 4.78 is 33.3. The van der Waals surface area contributed by atoms with Crippen molar-refractivity contribution in [1.29, 1.82) is 0 Å². The van der Waals surface area contributed by atoms with Crippen molar-refractivity contribution < 1.29 is 23.4 Å². The summed E-state index contributed by atoms with van der Waals surface area (Å²) in [4.78, 5) is 33.2. The Balaban J connectivity index is 1.35. The Labute approximate surface area is 202 Å². The van der Waals surface area contributed by atoms with Crippen molar-refractivity contribution in [1.82, 2.24) is 19.4 Å². The molecule has 1 aromatic carbocycles. The number of amides is 2. The summed E-state index contributed by atoms with van der Waals surface area (Å²) in [5.74, 6) is 0. The smallest absolute Gasteiger partial charge is 0.373 e. The molecule has 1 atom stereocenters. The van der Waals surface area contributed by atoms with Crippen LogP contribution in [-0.4, -0.2) is 75.0 Å². The minimum absolute atomic E-state index is 0.0750. The van der Waals surface area contributed by atoms with Crippen LogP contribution in [0.5, 0.6) is 0 Å². The number of likely N-dealkylation sites (tertiary alicyclic amines) is 1. The van der Waals surface area contributed by atoms with Crippen LogP contribution < -0.4 is 5.56 Å². The number of hydrogen-bond acceptors (Lipinski definition) is 5. The molecule has 1 unspecified atom stereocenters. The number of benzene rings is 1. The molecular weight excluding hydrogens is 458 g/mol. The number of piperidine rings is 1. The Morgan fingerprint density at radius 2 is 1.77 bits per heavy atom. The second-order valence-corrected chi connectivity index (χ2v) is 9.99. The van der Waals surface area contributed by atoms with Crippen LogP contribution in [-0.2, 0) is 11.3 Å². The van der Waals surface area contributed by atoms with Crippen LogP contribution in [0.4, 0.5) is 13.6 Å². The first-order valence-electron chi connectivity index (χ1n) is 12.1. The van der Waals surface area contributed by atoms with Gasteiger partial charge in [-0.25, -0.2) is 9.78 Å². The highest BCUT2D eigenvalue weighted by atomic mass is 19.3. The highest BCUT2D eigenvalue weighted by molar-refractivity contribution is 5.75. The Morgan fingerprint density at radius 1 is 1.06 bits per heavy atom. The van der Waals surface area contributed by atoms with Gasteiger partial charge >= 0.3 is 12.1 Å². The Bertz CT molecular complexity index is 1140. The van der Waals surface area contributed by atoms with Crippen molar-refractivity contribution in [3.63, 3.8) is 0 Å². The molecule has 2 amide bonds. The number of aromatic nitrogens is 2. The number of halogens is 2. The van der Waals surface area contributed by atoms with E-state index in [0.717, 1.165) is 23.3 Å². The third-order valence-electron chi connectivity index (χ3n) is 7.81. The molecule has 10 heteroatoms. The lowest BCUT2D eigenvalue weighted by Gasteiger charge is -2.53. The van der Waals surface area contributed by atoms with Crippen LogP contribution in [0.3, 0.4) is 0 Å². The topological polar surface area (TPSA) is 87.9 Å². The third kappa shape index (κ3) is 4.56. The van der Waals surface area contributed by atoms with Crippen LogP contribution >= 0.6 is 0 Å². The van der Waals surface area contributed by atoms with E-state index in [1.807, 2.05) is 30.3 Å². The van der Waals surface area contributed by atoms with Gasteiger partial charge in [-0.3, -0.25) is 9.36 Å². The van der Waals surface area contributed by atoms with Crippen LogP contribution in [0, 0.1) is 5.41 Å². The van der Waals surface area contributed by atoms with Gasteiger partial charge in [0.05, 0.1) is 30.8 Å². The van der Waals surface area contributed by atoms with E-state index in [9.17, 15) is 23.5 Å². The summed E-state index contributed by atoms with van der Waals surface area (Å²) >= 11 is 0. The molecule has 2 saturated heterocycles. The van der Waals surface area contributed by atoms with Crippen LogP contribution in [0.25, 0.3) is 11.3 Å². The molecule has 188 valence electrons. The maximum atomic E-state index is 13.7. The molecule has 2 aliphatic heterocycles. The fourth-order valence-electron chi connectivity index (χ4n) is 5.87. The zero-order chi connectivity index (χ0) is 24.7. The summed E-state index contributed by atoms with van der Waals surface area (Å²) in [5.41, 5.74) is -0.669. The summed E-state index contributed by atoms with van der Waals surface area (Å²) in [7, 11) is 0. The number of alkyl halides is 2. The number of nitrogens with zero attached hydrogens (tertiary/aromatic N) is 4. The zero-order valence-electron chi connectivity index (χ0n) is 19.5. The van der Waals surface area contributed by atoms with E-state index >= 15 is 0 Å². The van der Waals surface area contributed by atoms with Crippen molar-refractivity contribution in [3.05, 3.63) is 53.1 Å². The number of carbonyl (C=O) groups excluding carboxylic acids is 1. The number of rotatable bonds is 3. The minimum atomic E-state index is -3.35. The molecule has 3 heterocycles. The molecular formula is C25H30F2N4O4. The molecule has 2 aromatic rings. The molecule has 35 heavy (non-hydrogen) atoms. The van der Waals surface area contributed by atoms with Crippen LogP contribution in [0.1, 0.15) is 32.1 Å². The summed E-state index contributed by atoms with van der Waals surface area (Å²) in [5, 5.41) is 11.9. The van der Waals surface area contributed by atoms with E-state index in [4.69, 9.17) is 0 Å². The van der Waals surface area contributed by atoms with Crippen molar-refractivity contribution in [2.75, 3.05) is 32.8 Å². The van der Waals surface area contributed by atoms with E-state index in [0.29, 0.717) is 18.5 Å². The summed E-state index contributed by atoms with van der Waals surface area (Å²) in [6.07, 6.45) is 1.59. The molecule has 1 aromatic heterocycles. The molecule has 1 aliphatic carbocycles. The van der Waals surface area contributed by atoms with Gasteiger partial charge in [-0.2, -0.15) is 8.78 Å². The van der Waals surface area contributed by atoms with Gasteiger partial charge in [0.1, 0.15) is 6.54 Å². The molecule has 1 N–H and O–H groups in total. The van der Waals surface area contributed by atoms with Crippen LogP contribution in [0.2, 0.25) is 0 Å². The number of hydrogen-bond donors (Lipinski definition) is 1. The Morgan fingerprint density at radius 3 is 2.46 bits per heavy atom. The summed E-state index contributed by atoms with van der Waals surface area (Å²) in [6.45, 7) is -0.298. The van der Waals surface area contributed by atoms with Gasteiger partial charge in [-0.1, -0.05) is 43.2 Å². The van der Waals surface area contributed by atoms with E-state index in [1.54, 1.807) is 4.90 Å². The van der Waals surface area contributed by atoms with Gasteiger partial charge in [0.2, 0.25) is 0 Å². The predicted octanol–water partition coefficient (Wildman–Crippen LogP) is 2.95. The Hall–Kier alpha value is -2.85. The lowest BCUT2D eigenvalue weighted by molar-refractivity contribution is -0.264. The minimum Gasteiger partial charge on any atom is -0.387 e. The predicted molar refractivity (Wildman–Crippen MR) is 124 cm³/mol. The van der Waals surface area contributed by atoms with E-state index in [1.165, 1.54) is 17.0 Å². The molecule has 3 aliphatic rings. The third-order valence-corrected chi connectivity index (χ3v) is 7.81. The number of ether oxygens (including phenoxy) is 1. The highest BCUT2D eigenvalue weighted by Gasteiger charge is 2.56. The first-order chi connectivity index (χ1) is 16.7. The van der Waals surface area contributed by atoms with Gasteiger partial charge in [0, 0.05) is 36.7 Å². The van der Waals surface area contributed by atoms with Crippen molar-refractivity contribution in [3.8, 4) is 11.3 Å².